The highest BCUT2D eigenvalue weighted by molar-refractivity contribution is 5.55. The second kappa shape index (κ2) is 2.63. The number of rotatable bonds is 0. The Hall–Kier alpha value is -1.76. The Bertz CT molecular complexity index is 453. The molecule has 0 aromatic carbocycles. The van der Waals surface area contributed by atoms with E-state index in [0.717, 1.165) is 6.54 Å². The summed E-state index contributed by atoms with van der Waals surface area (Å²) in [4.78, 5) is 11.5. The minimum Gasteiger partial charge on any atom is -0.368 e. The number of nitrogens with one attached hydrogen (secondary N) is 1. The molecule has 1 aromatic rings. The molecule has 1 aliphatic heterocycles. The highest BCUT2D eigenvalue weighted by Gasteiger charge is 2.16. The van der Waals surface area contributed by atoms with Gasteiger partial charge in [0.1, 0.15) is 11.9 Å². The molecule has 66 valence electrons. The third kappa shape index (κ3) is 1.01. The van der Waals surface area contributed by atoms with E-state index in [1.165, 1.54) is 0 Å². The Morgan fingerprint density at radius 2 is 2.46 bits per heavy atom. The lowest BCUT2D eigenvalue weighted by Crippen LogP contribution is -2.20. The molecule has 1 N–H and O–H groups in total. The Morgan fingerprint density at radius 1 is 1.69 bits per heavy atom. The second-order valence-electron chi connectivity index (χ2n) is 3.09. The molecule has 0 bridgehead atoms. The molecule has 2 rings (SSSR count). The number of aryl methyl sites for hydroxylation is 1. The van der Waals surface area contributed by atoms with Gasteiger partial charge in [0, 0.05) is 18.7 Å². The van der Waals surface area contributed by atoms with Crippen LogP contribution in [0, 0.1) is 18.3 Å². The summed E-state index contributed by atoms with van der Waals surface area (Å²) in [6, 6.07) is 3.70. The number of nitriles is 1. The van der Waals surface area contributed by atoms with Crippen LogP contribution in [0.3, 0.4) is 0 Å². The molecule has 0 atom stereocenters. The molecule has 4 heteroatoms. The van der Waals surface area contributed by atoms with Crippen LogP contribution in [0.25, 0.3) is 0 Å². The third-order valence-electron chi connectivity index (χ3n) is 2.22. The quantitative estimate of drug-likeness (QED) is 0.623. The summed E-state index contributed by atoms with van der Waals surface area (Å²) in [5.74, 6) is 0.665. The van der Waals surface area contributed by atoms with Gasteiger partial charge < -0.3 is 5.32 Å². The Labute approximate surface area is 75.4 Å². The second-order valence-corrected chi connectivity index (χ2v) is 3.09. The van der Waals surface area contributed by atoms with Gasteiger partial charge >= 0.3 is 0 Å². The molecule has 0 amide bonds. The van der Waals surface area contributed by atoms with Crippen LogP contribution in [0.5, 0.6) is 0 Å². The molecule has 1 aliphatic rings. The van der Waals surface area contributed by atoms with E-state index in [2.05, 4.69) is 11.4 Å². The summed E-state index contributed by atoms with van der Waals surface area (Å²) in [6.07, 6.45) is 0. The van der Waals surface area contributed by atoms with E-state index < -0.39 is 0 Å². The first-order valence-corrected chi connectivity index (χ1v) is 4.12. The summed E-state index contributed by atoms with van der Waals surface area (Å²) < 4.78 is 1.62. The topological polar surface area (TPSA) is 57.8 Å². The minimum absolute atomic E-state index is 0.000926. The zero-order chi connectivity index (χ0) is 9.42. The zero-order valence-corrected chi connectivity index (χ0v) is 7.29. The molecular weight excluding hydrogens is 166 g/mol. The normalized spacial score (nSPS) is 13.2. The summed E-state index contributed by atoms with van der Waals surface area (Å²) >= 11 is 0. The average Bonchev–Trinajstić information content (AvgIpc) is 2.60. The molecule has 0 aliphatic carbocycles. The maximum Gasteiger partial charge on any atom is 0.255 e. The monoisotopic (exact) mass is 175 g/mol. The number of hydrogen-bond donors (Lipinski definition) is 1. The van der Waals surface area contributed by atoms with Crippen LogP contribution in [-0.2, 0) is 6.54 Å². The summed E-state index contributed by atoms with van der Waals surface area (Å²) in [5.41, 5.74) is 1.18. The summed E-state index contributed by atoms with van der Waals surface area (Å²) in [7, 11) is 0. The van der Waals surface area contributed by atoms with Gasteiger partial charge in [0.2, 0.25) is 0 Å². The first kappa shape index (κ1) is 7.87. The molecule has 0 unspecified atom stereocenters. The van der Waals surface area contributed by atoms with E-state index in [4.69, 9.17) is 5.26 Å². The van der Waals surface area contributed by atoms with Gasteiger partial charge in [0.05, 0.1) is 5.56 Å². The summed E-state index contributed by atoms with van der Waals surface area (Å²) in [5, 5.41) is 11.8. The molecule has 13 heavy (non-hydrogen) atoms. The predicted octanol–water partition coefficient (Wildman–Crippen LogP) is 0.454. The molecule has 0 radical (unpaired) electrons. The number of fused-ring (bicyclic) bond motifs is 1. The van der Waals surface area contributed by atoms with Gasteiger partial charge in [-0.2, -0.15) is 5.26 Å². The van der Waals surface area contributed by atoms with E-state index in [0.29, 0.717) is 23.5 Å². The fraction of sp³-hybridized carbons (Fsp3) is 0.333. The van der Waals surface area contributed by atoms with Gasteiger partial charge in [-0.1, -0.05) is 0 Å². The molecule has 0 saturated carbocycles. The van der Waals surface area contributed by atoms with Crippen molar-refractivity contribution in [3.63, 3.8) is 0 Å². The highest BCUT2D eigenvalue weighted by atomic mass is 16.1. The first-order chi connectivity index (χ1) is 6.24. The van der Waals surface area contributed by atoms with Crippen molar-refractivity contribution in [1.82, 2.24) is 4.57 Å². The summed E-state index contributed by atoms with van der Waals surface area (Å²) in [6.45, 7) is 3.12. The van der Waals surface area contributed by atoms with Crippen molar-refractivity contribution in [2.75, 3.05) is 11.9 Å². The van der Waals surface area contributed by atoms with Crippen molar-refractivity contribution in [3.8, 4) is 6.07 Å². The number of nitrogens with zero attached hydrogens (tertiary/aromatic N) is 2. The minimum atomic E-state index is -0.000926. The van der Waals surface area contributed by atoms with Crippen LogP contribution in [0.15, 0.2) is 10.9 Å². The van der Waals surface area contributed by atoms with E-state index in [1.807, 2.05) is 0 Å². The first-order valence-electron chi connectivity index (χ1n) is 4.12. The van der Waals surface area contributed by atoms with Gasteiger partial charge in [-0.05, 0) is 13.0 Å². The molecule has 2 heterocycles. The standard InChI is InChI=1S/C9H9N3O/c1-6-4-7(5-10)8-11-2-3-12(8)9(6)13/h4,11H,2-3H2,1H3. The molecule has 1 aromatic heterocycles. The number of pyridine rings is 1. The maximum absolute atomic E-state index is 11.5. The van der Waals surface area contributed by atoms with Crippen molar-refractivity contribution < 1.29 is 0 Å². The molecule has 0 spiro atoms. The van der Waals surface area contributed by atoms with Crippen LogP contribution in [0.4, 0.5) is 5.82 Å². The van der Waals surface area contributed by atoms with Gasteiger partial charge in [-0.25, -0.2) is 0 Å². The van der Waals surface area contributed by atoms with Crippen molar-refractivity contribution in [2.45, 2.75) is 13.5 Å². The lowest BCUT2D eigenvalue weighted by atomic mass is 10.2. The SMILES string of the molecule is Cc1cc(C#N)c2n(c1=O)CCN2. The molecule has 0 fully saturated rings. The van der Waals surface area contributed by atoms with Crippen molar-refractivity contribution in [3.05, 3.63) is 27.5 Å². The fourth-order valence-corrected chi connectivity index (χ4v) is 1.58. The van der Waals surface area contributed by atoms with E-state index in [1.54, 1.807) is 17.6 Å². The largest absolute Gasteiger partial charge is 0.368 e. The van der Waals surface area contributed by atoms with Crippen LogP contribution in [-0.4, -0.2) is 11.1 Å². The van der Waals surface area contributed by atoms with E-state index >= 15 is 0 Å². The van der Waals surface area contributed by atoms with Crippen molar-refractivity contribution in [2.24, 2.45) is 0 Å². The van der Waals surface area contributed by atoms with Crippen LogP contribution in [0.2, 0.25) is 0 Å². The number of anilines is 1. The Morgan fingerprint density at radius 3 is 3.15 bits per heavy atom. The molecule has 4 nitrogen and oxygen atoms in total. The van der Waals surface area contributed by atoms with Gasteiger partial charge in [0.25, 0.3) is 5.56 Å². The molecule has 0 saturated heterocycles. The molecular formula is C9H9N3O. The lowest BCUT2D eigenvalue weighted by molar-refractivity contribution is 0.765. The van der Waals surface area contributed by atoms with Crippen molar-refractivity contribution >= 4 is 5.82 Å². The maximum atomic E-state index is 11.5. The number of aromatic nitrogens is 1. The predicted molar refractivity (Wildman–Crippen MR) is 48.6 cm³/mol. The fourth-order valence-electron chi connectivity index (χ4n) is 1.58. The van der Waals surface area contributed by atoms with E-state index in [-0.39, 0.29) is 5.56 Å². The van der Waals surface area contributed by atoms with Gasteiger partial charge in [-0.15, -0.1) is 0 Å². The smallest absolute Gasteiger partial charge is 0.255 e. The van der Waals surface area contributed by atoms with E-state index in [9.17, 15) is 4.79 Å². The zero-order valence-electron chi connectivity index (χ0n) is 7.29. The van der Waals surface area contributed by atoms with Crippen LogP contribution >= 0.6 is 0 Å². The Balaban J connectivity index is 2.80. The van der Waals surface area contributed by atoms with Crippen LogP contribution in [0.1, 0.15) is 11.1 Å². The number of hydrogen-bond acceptors (Lipinski definition) is 3. The highest BCUT2D eigenvalue weighted by Crippen LogP contribution is 2.17. The van der Waals surface area contributed by atoms with Gasteiger partial charge in [0.15, 0.2) is 0 Å². The Kier molecular flexibility index (Phi) is 1.59. The third-order valence-corrected chi connectivity index (χ3v) is 2.22. The van der Waals surface area contributed by atoms with Crippen molar-refractivity contribution in [1.29, 1.82) is 5.26 Å². The average molecular weight is 175 g/mol. The van der Waals surface area contributed by atoms with Crippen LogP contribution < -0.4 is 10.9 Å². The lowest BCUT2D eigenvalue weighted by Gasteiger charge is -2.04. The van der Waals surface area contributed by atoms with Gasteiger partial charge in [-0.3, -0.25) is 9.36 Å².